The largest absolute Gasteiger partial charge is 0.375 e. The van der Waals surface area contributed by atoms with Gasteiger partial charge in [-0.2, -0.15) is 10.2 Å². The van der Waals surface area contributed by atoms with Crippen molar-refractivity contribution in [3.05, 3.63) is 34.9 Å². The first-order valence-electron chi connectivity index (χ1n) is 14.7. The van der Waals surface area contributed by atoms with Crippen LogP contribution in [-0.2, 0) is 36.1 Å². The summed E-state index contributed by atoms with van der Waals surface area (Å²) in [7, 11) is 1.95. The van der Waals surface area contributed by atoms with Crippen molar-refractivity contribution < 1.29 is 14.6 Å². The zero-order valence-corrected chi connectivity index (χ0v) is 23.8. The molecule has 11 nitrogen and oxygen atoms in total. The Kier molecular flexibility index (Phi) is 5.99. The van der Waals surface area contributed by atoms with Gasteiger partial charge in [-0.25, -0.2) is 4.98 Å². The molecule has 5 heterocycles. The zero-order chi connectivity index (χ0) is 27.7. The standard InChI is InChI=1S/C29H40N8O3/c1-19-14-24(21-15-31-35(3)25(21)32-19)36-12-4-23-22(16-36)20(2)34-37(23)17-27-5-8-28(9-6-27,10-7-27)33-26(38)29(39)18-40-13-11-30-29/h14-15,30,39H,4-13,16-18H2,1-3H3,(H,33,38)/t27?,28?,29-/m0/s1. The summed E-state index contributed by atoms with van der Waals surface area (Å²) in [6.45, 7) is 7.89. The second kappa shape index (κ2) is 9.25. The third kappa shape index (κ3) is 4.21. The second-order valence-corrected chi connectivity index (χ2v) is 12.7. The van der Waals surface area contributed by atoms with Crippen molar-refractivity contribution in [3.8, 4) is 0 Å². The predicted octanol–water partition coefficient (Wildman–Crippen LogP) is 1.86. The quantitative estimate of drug-likeness (QED) is 0.442. The molecule has 1 saturated heterocycles. The second-order valence-electron chi connectivity index (χ2n) is 12.7. The maximum absolute atomic E-state index is 13.0. The Morgan fingerprint density at radius 1 is 1.20 bits per heavy atom. The van der Waals surface area contributed by atoms with Crippen LogP contribution in [0.25, 0.3) is 11.0 Å². The Hall–Kier alpha value is -3.02. The molecule has 1 amide bonds. The first kappa shape index (κ1) is 25.9. The fourth-order valence-electron chi connectivity index (χ4n) is 7.58. The van der Waals surface area contributed by atoms with Gasteiger partial charge >= 0.3 is 0 Å². The van der Waals surface area contributed by atoms with Gasteiger partial charge in [-0.05, 0) is 63.9 Å². The molecule has 0 unspecified atom stereocenters. The Bertz CT molecular complexity index is 1440. The molecule has 214 valence electrons. The number of pyridine rings is 1. The van der Waals surface area contributed by atoms with Crippen molar-refractivity contribution in [2.45, 2.75) is 83.1 Å². The highest BCUT2D eigenvalue weighted by Gasteiger charge is 2.52. The first-order chi connectivity index (χ1) is 19.2. The molecule has 4 fully saturated rings. The smallest absolute Gasteiger partial charge is 0.270 e. The third-order valence-corrected chi connectivity index (χ3v) is 10.1. The third-order valence-electron chi connectivity index (χ3n) is 10.1. The highest BCUT2D eigenvalue weighted by Crippen LogP contribution is 2.53. The summed E-state index contributed by atoms with van der Waals surface area (Å²) in [5.41, 5.74) is 5.32. The molecular weight excluding hydrogens is 508 g/mol. The maximum Gasteiger partial charge on any atom is 0.270 e. The molecule has 3 saturated carbocycles. The number of amides is 1. The Labute approximate surface area is 234 Å². The van der Waals surface area contributed by atoms with Crippen molar-refractivity contribution in [1.29, 1.82) is 0 Å². The van der Waals surface area contributed by atoms with E-state index in [1.54, 1.807) is 0 Å². The van der Waals surface area contributed by atoms with Crippen molar-refractivity contribution >= 4 is 22.6 Å². The molecular formula is C29H40N8O3. The van der Waals surface area contributed by atoms with Gasteiger partial charge in [0.05, 0.1) is 36.2 Å². The van der Waals surface area contributed by atoms with Gasteiger partial charge in [-0.1, -0.05) is 0 Å². The number of aryl methyl sites for hydroxylation is 3. The molecule has 1 atom stereocenters. The van der Waals surface area contributed by atoms with Crippen molar-refractivity contribution in [1.82, 2.24) is 35.2 Å². The molecule has 3 aliphatic carbocycles. The van der Waals surface area contributed by atoms with Crippen LogP contribution in [0.1, 0.15) is 61.2 Å². The summed E-state index contributed by atoms with van der Waals surface area (Å²) in [6.07, 6.45) is 8.89. The lowest BCUT2D eigenvalue weighted by atomic mass is 9.57. The van der Waals surface area contributed by atoms with Crippen LogP contribution < -0.4 is 15.5 Å². The first-order valence-corrected chi connectivity index (χ1v) is 14.7. The van der Waals surface area contributed by atoms with Crippen LogP contribution >= 0.6 is 0 Å². The number of morpholine rings is 1. The number of carbonyl (C=O) groups excluding carboxylic acids is 1. The Balaban J connectivity index is 1.06. The van der Waals surface area contributed by atoms with Gasteiger partial charge in [-0.15, -0.1) is 0 Å². The van der Waals surface area contributed by atoms with E-state index >= 15 is 0 Å². The molecule has 5 aliphatic rings. The number of anilines is 1. The lowest BCUT2D eigenvalue weighted by molar-refractivity contribution is -0.162. The number of rotatable bonds is 5. The number of aromatic nitrogens is 5. The minimum absolute atomic E-state index is 0.00603. The van der Waals surface area contributed by atoms with Crippen LogP contribution in [0, 0.1) is 19.3 Å². The van der Waals surface area contributed by atoms with Crippen LogP contribution in [0.5, 0.6) is 0 Å². The maximum atomic E-state index is 13.0. The van der Waals surface area contributed by atoms with Gasteiger partial charge < -0.3 is 20.1 Å². The molecule has 3 N–H and O–H groups in total. The van der Waals surface area contributed by atoms with E-state index in [4.69, 9.17) is 14.8 Å². The highest BCUT2D eigenvalue weighted by molar-refractivity contribution is 5.90. The average Bonchev–Trinajstić information content (AvgIpc) is 3.48. The van der Waals surface area contributed by atoms with E-state index in [9.17, 15) is 9.90 Å². The number of nitrogens with zero attached hydrogens (tertiary/aromatic N) is 6. The van der Waals surface area contributed by atoms with E-state index in [0.29, 0.717) is 13.2 Å². The SMILES string of the molecule is Cc1cc(N2CCc3c(c(C)nn3CC34CCC(NC(=O)[C@@]5(O)COCCN5)(CC3)CC4)C2)c2cnn(C)c2n1. The monoisotopic (exact) mass is 548 g/mol. The van der Waals surface area contributed by atoms with E-state index < -0.39 is 5.72 Å². The van der Waals surface area contributed by atoms with Crippen LogP contribution in [0.15, 0.2) is 12.3 Å². The molecule has 40 heavy (non-hydrogen) atoms. The highest BCUT2D eigenvalue weighted by atomic mass is 16.5. The molecule has 2 bridgehead atoms. The molecule has 0 aromatic carbocycles. The average molecular weight is 549 g/mol. The summed E-state index contributed by atoms with van der Waals surface area (Å²) < 4.78 is 9.52. The molecule has 0 spiro atoms. The lowest BCUT2D eigenvalue weighted by Crippen LogP contribution is -2.68. The molecule has 3 aromatic rings. The summed E-state index contributed by atoms with van der Waals surface area (Å²) >= 11 is 0. The van der Waals surface area contributed by atoms with Crippen LogP contribution in [0.2, 0.25) is 0 Å². The molecule has 8 rings (SSSR count). The predicted molar refractivity (Wildman–Crippen MR) is 150 cm³/mol. The minimum atomic E-state index is -1.63. The van der Waals surface area contributed by atoms with Gasteiger partial charge in [0.15, 0.2) is 5.65 Å². The molecule has 11 heteroatoms. The Morgan fingerprint density at radius 3 is 2.70 bits per heavy atom. The van der Waals surface area contributed by atoms with E-state index in [-0.39, 0.29) is 23.5 Å². The van der Waals surface area contributed by atoms with E-state index in [1.807, 2.05) is 24.9 Å². The number of aliphatic hydroxyl groups is 1. The minimum Gasteiger partial charge on any atom is -0.375 e. The molecule has 3 aromatic heterocycles. The summed E-state index contributed by atoms with van der Waals surface area (Å²) in [5.74, 6) is -0.351. The normalized spacial score (nSPS) is 30.1. The van der Waals surface area contributed by atoms with E-state index in [1.165, 1.54) is 16.9 Å². The van der Waals surface area contributed by atoms with Gasteiger partial charge in [0, 0.05) is 62.1 Å². The number of carbonyl (C=O) groups is 1. The van der Waals surface area contributed by atoms with Crippen LogP contribution in [0.4, 0.5) is 5.69 Å². The Morgan fingerprint density at radius 2 is 1.98 bits per heavy atom. The molecule has 2 aliphatic heterocycles. The number of hydrogen-bond donors (Lipinski definition) is 3. The van der Waals surface area contributed by atoms with Gasteiger partial charge in [0.2, 0.25) is 5.72 Å². The van der Waals surface area contributed by atoms with E-state index in [0.717, 1.165) is 87.0 Å². The number of hydrogen-bond acceptors (Lipinski definition) is 8. The zero-order valence-electron chi connectivity index (χ0n) is 23.8. The number of nitrogens with one attached hydrogen (secondary N) is 2. The van der Waals surface area contributed by atoms with Gasteiger partial charge in [0.25, 0.3) is 5.91 Å². The van der Waals surface area contributed by atoms with Crippen LogP contribution in [0.3, 0.4) is 0 Å². The lowest BCUT2D eigenvalue weighted by Gasteiger charge is -2.54. The number of ether oxygens (including phenoxy) is 1. The van der Waals surface area contributed by atoms with Crippen LogP contribution in [-0.4, -0.2) is 73.1 Å². The van der Waals surface area contributed by atoms with Crippen molar-refractivity contribution in [2.75, 3.05) is 31.2 Å². The summed E-state index contributed by atoms with van der Waals surface area (Å²) in [6, 6.07) is 2.18. The van der Waals surface area contributed by atoms with E-state index in [2.05, 4.69) is 38.3 Å². The topological polar surface area (TPSA) is 122 Å². The molecule has 0 radical (unpaired) electrons. The summed E-state index contributed by atoms with van der Waals surface area (Å²) in [5, 5.41) is 27.5. The van der Waals surface area contributed by atoms with Crippen molar-refractivity contribution in [2.24, 2.45) is 12.5 Å². The summed E-state index contributed by atoms with van der Waals surface area (Å²) in [4.78, 5) is 20.2. The van der Waals surface area contributed by atoms with Gasteiger partial charge in [0.1, 0.15) is 0 Å². The number of fused-ring (bicyclic) bond motifs is 5. The fourth-order valence-corrected chi connectivity index (χ4v) is 7.58. The van der Waals surface area contributed by atoms with Crippen molar-refractivity contribution in [3.63, 3.8) is 0 Å². The van der Waals surface area contributed by atoms with Gasteiger partial charge in [-0.3, -0.25) is 19.5 Å². The fraction of sp³-hybridized carbons (Fsp3) is 0.655.